The third-order valence-corrected chi connectivity index (χ3v) is 11.0. The van der Waals surface area contributed by atoms with E-state index in [-0.39, 0.29) is 35.2 Å². The Morgan fingerprint density at radius 1 is 1.08 bits per heavy atom. The number of pyridine rings is 1. The number of nitrogens with zero attached hydrogens (tertiary/aromatic N) is 4. The molecule has 0 radical (unpaired) electrons. The highest BCUT2D eigenvalue weighted by Crippen LogP contribution is 2.35. The van der Waals surface area contributed by atoms with Crippen molar-refractivity contribution in [1.29, 1.82) is 0 Å². The second-order valence-corrected chi connectivity index (χ2v) is 14.7. The molecule has 2 aliphatic rings. The summed E-state index contributed by atoms with van der Waals surface area (Å²) in [6.07, 6.45) is 10.2. The molecule has 12 heteroatoms. The minimum absolute atomic E-state index is 0.0199. The number of amides is 1. The molecule has 0 bridgehead atoms. The van der Waals surface area contributed by atoms with E-state index in [1.54, 1.807) is 48.4 Å². The van der Waals surface area contributed by atoms with Gasteiger partial charge >= 0.3 is 0 Å². The Labute approximate surface area is 283 Å². The topological polar surface area (TPSA) is 130 Å². The predicted molar refractivity (Wildman–Crippen MR) is 187 cm³/mol. The Balaban J connectivity index is 1.23. The molecule has 11 nitrogen and oxygen atoms in total. The zero-order chi connectivity index (χ0) is 33.8. The van der Waals surface area contributed by atoms with Crippen LogP contribution < -0.4 is 20.1 Å². The SMILES string of the molecule is CNC(=O)[C@@H](CC1CC1)Nc1cc(-c2ccc(C)c(C)c2)ncc1CN1CCCC1CNS(=O)(=O)c1cc(-n2cccn2)ccc1OC. The van der Waals surface area contributed by atoms with Crippen LogP contribution in [0.4, 0.5) is 5.69 Å². The number of rotatable bonds is 14. The standard InChI is InChI=1S/C36H45N7O4S/c1-24-8-11-27(17-25(24)2)31-20-32(41-33(36(44)37-3)18-26-9-10-26)28(21-38-31)23-42-15-5-7-30(42)22-40-48(45,46)35-19-29(12-13-34(35)47-4)43-16-6-14-39-43/h6,8,11-14,16-17,19-21,26,30,33,40H,5,7,9-10,15,18,22-23H2,1-4H3,(H,37,44)(H,38,41)/t30?,33-/m1/s1. The fourth-order valence-corrected chi connectivity index (χ4v) is 7.62. The molecule has 1 unspecified atom stereocenters. The van der Waals surface area contributed by atoms with Gasteiger partial charge in [0.05, 0.1) is 18.5 Å². The van der Waals surface area contributed by atoms with Gasteiger partial charge in [-0.3, -0.25) is 14.7 Å². The average Bonchev–Trinajstić information content (AvgIpc) is 3.52. The van der Waals surface area contributed by atoms with E-state index in [1.165, 1.54) is 18.2 Å². The molecule has 254 valence electrons. The Morgan fingerprint density at radius 3 is 2.62 bits per heavy atom. The summed E-state index contributed by atoms with van der Waals surface area (Å²) >= 11 is 0. The summed E-state index contributed by atoms with van der Waals surface area (Å²) in [5.74, 6) is 0.793. The summed E-state index contributed by atoms with van der Waals surface area (Å²) in [6, 6.07) is 14.8. The van der Waals surface area contributed by atoms with E-state index < -0.39 is 10.0 Å². The largest absolute Gasteiger partial charge is 0.495 e. The van der Waals surface area contributed by atoms with Gasteiger partial charge in [0.1, 0.15) is 16.7 Å². The third kappa shape index (κ3) is 7.72. The number of likely N-dealkylation sites (N-methyl/N-ethyl adjacent to an activating group) is 1. The number of aryl methyl sites for hydroxylation is 2. The molecular weight excluding hydrogens is 627 g/mol. The highest BCUT2D eigenvalue weighted by molar-refractivity contribution is 7.89. The van der Waals surface area contributed by atoms with Crippen LogP contribution in [0.3, 0.4) is 0 Å². The van der Waals surface area contributed by atoms with Crippen LogP contribution in [-0.2, 0) is 21.4 Å². The summed E-state index contributed by atoms with van der Waals surface area (Å²) in [6.45, 7) is 5.82. The summed E-state index contributed by atoms with van der Waals surface area (Å²) in [7, 11) is -0.757. The molecule has 0 spiro atoms. The van der Waals surface area contributed by atoms with E-state index in [0.29, 0.717) is 18.2 Å². The second-order valence-electron chi connectivity index (χ2n) is 12.9. The molecule has 2 fully saturated rings. The quantitative estimate of drug-likeness (QED) is 0.174. The molecule has 2 atom stereocenters. The number of nitrogens with one attached hydrogen (secondary N) is 3. The molecule has 1 saturated heterocycles. The van der Waals surface area contributed by atoms with Crippen LogP contribution in [0, 0.1) is 19.8 Å². The van der Waals surface area contributed by atoms with E-state index in [1.807, 2.05) is 6.20 Å². The number of carbonyl (C=O) groups is 1. The molecule has 48 heavy (non-hydrogen) atoms. The number of methoxy groups -OCH3 is 1. The first-order valence-corrected chi connectivity index (χ1v) is 18.1. The van der Waals surface area contributed by atoms with Gasteiger partial charge in [-0.1, -0.05) is 25.0 Å². The molecule has 3 N–H and O–H groups in total. The number of carbonyl (C=O) groups excluding carboxylic acids is 1. The predicted octanol–water partition coefficient (Wildman–Crippen LogP) is 4.83. The molecule has 2 aromatic heterocycles. The summed E-state index contributed by atoms with van der Waals surface area (Å²) in [4.78, 5) is 20.2. The van der Waals surface area contributed by atoms with Crippen molar-refractivity contribution < 1.29 is 17.9 Å². The van der Waals surface area contributed by atoms with Crippen LogP contribution in [0.1, 0.15) is 48.8 Å². The molecule has 4 aromatic rings. The smallest absolute Gasteiger partial charge is 0.244 e. The first-order chi connectivity index (χ1) is 23.1. The van der Waals surface area contributed by atoms with Gasteiger partial charge in [-0.25, -0.2) is 17.8 Å². The fraction of sp³-hybridized carbons (Fsp3) is 0.417. The molecule has 1 aliphatic carbocycles. The van der Waals surface area contributed by atoms with Crippen LogP contribution >= 0.6 is 0 Å². The maximum absolute atomic E-state index is 13.6. The summed E-state index contributed by atoms with van der Waals surface area (Å²) in [5, 5.41) is 10.7. The van der Waals surface area contributed by atoms with Crippen LogP contribution in [0.15, 0.2) is 72.0 Å². The van der Waals surface area contributed by atoms with Gasteiger partial charge in [0.2, 0.25) is 15.9 Å². The first kappa shape index (κ1) is 33.6. The van der Waals surface area contributed by atoms with Crippen molar-refractivity contribution in [3.8, 4) is 22.7 Å². The lowest BCUT2D eigenvalue weighted by atomic mass is 10.0. The van der Waals surface area contributed by atoms with Gasteiger partial charge in [0.15, 0.2) is 0 Å². The van der Waals surface area contributed by atoms with E-state index in [0.717, 1.165) is 61.2 Å². The molecular formula is C36H45N7O4S. The maximum atomic E-state index is 13.6. The van der Waals surface area contributed by atoms with Gasteiger partial charge in [-0.2, -0.15) is 5.10 Å². The van der Waals surface area contributed by atoms with Gasteiger partial charge in [-0.15, -0.1) is 0 Å². The lowest BCUT2D eigenvalue weighted by Crippen LogP contribution is -2.40. The van der Waals surface area contributed by atoms with Gasteiger partial charge in [0, 0.05) is 61.6 Å². The highest BCUT2D eigenvalue weighted by Gasteiger charge is 2.31. The number of likely N-dealkylation sites (tertiary alicyclic amines) is 1. The van der Waals surface area contributed by atoms with Gasteiger partial charge in [0.25, 0.3) is 0 Å². The van der Waals surface area contributed by atoms with Crippen molar-refractivity contribution in [2.75, 3.05) is 32.6 Å². The number of ether oxygens (including phenoxy) is 1. The Bertz CT molecular complexity index is 1860. The van der Waals surface area contributed by atoms with Gasteiger partial charge in [-0.05, 0) is 93.1 Å². The number of aromatic nitrogens is 3. The van der Waals surface area contributed by atoms with Crippen molar-refractivity contribution in [1.82, 2.24) is 29.7 Å². The van der Waals surface area contributed by atoms with Crippen LogP contribution in [-0.4, -0.2) is 73.3 Å². The molecule has 3 heterocycles. The van der Waals surface area contributed by atoms with Crippen molar-refractivity contribution in [3.05, 3.63) is 83.8 Å². The van der Waals surface area contributed by atoms with Crippen molar-refractivity contribution in [2.45, 2.75) is 69.5 Å². The fourth-order valence-electron chi connectivity index (χ4n) is 6.36. The van der Waals surface area contributed by atoms with Crippen molar-refractivity contribution in [2.24, 2.45) is 5.92 Å². The van der Waals surface area contributed by atoms with Crippen LogP contribution in [0.5, 0.6) is 5.75 Å². The minimum Gasteiger partial charge on any atom is -0.495 e. The highest BCUT2D eigenvalue weighted by atomic mass is 32.2. The molecule has 1 amide bonds. The third-order valence-electron chi connectivity index (χ3n) is 9.53. The Hall–Kier alpha value is -4.26. The lowest BCUT2D eigenvalue weighted by Gasteiger charge is -2.27. The number of hydrogen-bond acceptors (Lipinski definition) is 8. The number of anilines is 1. The van der Waals surface area contributed by atoms with Crippen LogP contribution in [0.25, 0.3) is 16.9 Å². The zero-order valence-corrected chi connectivity index (χ0v) is 28.9. The van der Waals surface area contributed by atoms with E-state index in [4.69, 9.17) is 9.72 Å². The second kappa shape index (κ2) is 14.5. The molecule has 2 aromatic carbocycles. The Kier molecular flexibility index (Phi) is 10.1. The minimum atomic E-state index is -3.90. The molecule has 6 rings (SSSR count). The zero-order valence-electron chi connectivity index (χ0n) is 28.1. The Morgan fingerprint density at radius 2 is 1.92 bits per heavy atom. The first-order valence-electron chi connectivity index (χ1n) is 16.6. The van der Waals surface area contributed by atoms with Gasteiger partial charge < -0.3 is 15.4 Å². The van der Waals surface area contributed by atoms with Crippen LogP contribution in [0.2, 0.25) is 0 Å². The summed E-state index contributed by atoms with van der Waals surface area (Å²) < 4.78 is 37.2. The number of benzene rings is 2. The summed E-state index contributed by atoms with van der Waals surface area (Å²) in [5.41, 5.74) is 6.73. The number of sulfonamides is 1. The molecule has 1 aliphatic heterocycles. The van der Waals surface area contributed by atoms with E-state index >= 15 is 0 Å². The van der Waals surface area contributed by atoms with Crippen molar-refractivity contribution >= 4 is 21.6 Å². The maximum Gasteiger partial charge on any atom is 0.244 e. The van der Waals surface area contributed by atoms with E-state index in [2.05, 4.69) is 63.5 Å². The number of hydrogen-bond donors (Lipinski definition) is 3. The normalized spacial score (nSPS) is 17.3. The lowest BCUT2D eigenvalue weighted by molar-refractivity contribution is -0.121. The van der Waals surface area contributed by atoms with Crippen molar-refractivity contribution in [3.63, 3.8) is 0 Å². The molecule has 1 saturated carbocycles. The van der Waals surface area contributed by atoms with E-state index in [9.17, 15) is 13.2 Å². The average molecular weight is 672 g/mol. The monoisotopic (exact) mass is 671 g/mol.